The molecule has 0 aliphatic carbocycles. The molecule has 0 heterocycles. The Kier molecular flexibility index (Phi) is 56.5. The van der Waals surface area contributed by atoms with E-state index in [4.69, 9.17) is 14.2 Å². The normalized spacial score (nSPS) is 13.1. The summed E-state index contributed by atoms with van der Waals surface area (Å²) in [4.78, 5) is 25.6. The van der Waals surface area contributed by atoms with Crippen molar-refractivity contribution in [3.8, 4) is 0 Å². The van der Waals surface area contributed by atoms with Gasteiger partial charge >= 0.3 is 11.9 Å². The van der Waals surface area contributed by atoms with Crippen LogP contribution in [-0.2, 0) is 23.8 Å². The highest BCUT2D eigenvalue weighted by Gasteiger charge is 2.17. The van der Waals surface area contributed by atoms with Gasteiger partial charge in [0.15, 0.2) is 6.10 Å². The Balaban J connectivity index is 4.38. The Labute approximate surface area is 433 Å². The van der Waals surface area contributed by atoms with Crippen molar-refractivity contribution < 1.29 is 23.8 Å². The van der Waals surface area contributed by atoms with E-state index in [2.05, 4.69) is 142 Å². The average Bonchev–Trinajstić information content (AvgIpc) is 3.36. The molecule has 1 atom stereocenters. The first-order valence-corrected chi connectivity index (χ1v) is 29.1. The van der Waals surface area contributed by atoms with E-state index in [0.717, 1.165) is 128 Å². The standard InChI is InChI=1S/C65H108O5/c1-4-7-10-13-16-19-22-25-28-31-33-35-37-40-43-46-49-52-55-58-64(66)69-62-63(61-68-60-57-54-51-48-45-42-39-36-32-29-26-23-20-17-14-11-8-5-2)70-65(67)59-56-53-50-47-44-41-38-34-30-27-24-21-18-15-12-9-6-3/h8-9,11-12,16-21,25-30,33,35-36,39,63H,4-7,10,13-15,22-24,31-32,34,37-38,40-62H2,1-3H3/b11-8-,12-9-,19-16-,20-17-,21-18-,28-25-,29-26-,30-27-,35-33-,39-36-. The summed E-state index contributed by atoms with van der Waals surface area (Å²) < 4.78 is 17.5. The quantitative estimate of drug-likeness (QED) is 0.0345. The van der Waals surface area contributed by atoms with Gasteiger partial charge < -0.3 is 14.2 Å². The van der Waals surface area contributed by atoms with Gasteiger partial charge in [-0.25, -0.2) is 0 Å². The lowest BCUT2D eigenvalue weighted by atomic mass is 10.1. The van der Waals surface area contributed by atoms with Crippen molar-refractivity contribution in [1.29, 1.82) is 0 Å². The molecule has 0 saturated heterocycles. The molecule has 0 aromatic carbocycles. The summed E-state index contributed by atoms with van der Waals surface area (Å²) in [7, 11) is 0. The molecule has 0 spiro atoms. The van der Waals surface area contributed by atoms with Crippen LogP contribution in [0.4, 0.5) is 0 Å². The number of allylic oxidation sites excluding steroid dienone is 20. The third-order valence-corrected chi connectivity index (χ3v) is 12.0. The maximum atomic E-state index is 12.9. The van der Waals surface area contributed by atoms with Crippen LogP contribution in [0.15, 0.2) is 122 Å². The van der Waals surface area contributed by atoms with Crippen LogP contribution in [0.2, 0.25) is 0 Å². The molecule has 0 bridgehead atoms. The summed E-state index contributed by atoms with van der Waals surface area (Å²) in [5.74, 6) is -0.437. The molecule has 1 unspecified atom stereocenters. The molecule has 5 nitrogen and oxygen atoms in total. The minimum absolute atomic E-state index is 0.0594. The lowest BCUT2D eigenvalue weighted by molar-refractivity contribution is -0.163. The van der Waals surface area contributed by atoms with Gasteiger partial charge in [-0.1, -0.05) is 232 Å². The van der Waals surface area contributed by atoms with Crippen LogP contribution < -0.4 is 0 Å². The van der Waals surface area contributed by atoms with Crippen molar-refractivity contribution in [2.24, 2.45) is 0 Å². The third kappa shape index (κ3) is 56.9. The summed E-state index contributed by atoms with van der Waals surface area (Å²) in [5.41, 5.74) is 0. The van der Waals surface area contributed by atoms with E-state index >= 15 is 0 Å². The van der Waals surface area contributed by atoms with Gasteiger partial charge in [-0.15, -0.1) is 0 Å². The number of hydrogen-bond donors (Lipinski definition) is 0. The van der Waals surface area contributed by atoms with Crippen LogP contribution in [0.5, 0.6) is 0 Å². The lowest BCUT2D eigenvalue weighted by Crippen LogP contribution is -2.30. The largest absolute Gasteiger partial charge is 0.462 e. The van der Waals surface area contributed by atoms with E-state index < -0.39 is 6.10 Å². The van der Waals surface area contributed by atoms with Gasteiger partial charge in [0.25, 0.3) is 0 Å². The number of unbranched alkanes of at least 4 members (excludes halogenated alkanes) is 21. The zero-order valence-electron chi connectivity index (χ0n) is 45.7. The van der Waals surface area contributed by atoms with Crippen molar-refractivity contribution in [2.45, 2.75) is 258 Å². The predicted molar refractivity (Wildman–Crippen MR) is 306 cm³/mol. The summed E-state index contributed by atoms with van der Waals surface area (Å²) >= 11 is 0. The minimum atomic E-state index is -0.567. The molecule has 0 aromatic rings. The van der Waals surface area contributed by atoms with E-state index in [1.165, 1.54) is 89.9 Å². The van der Waals surface area contributed by atoms with Crippen molar-refractivity contribution in [3.63, 3.8) is 0 Å². The smallest absolute Gasteiger partial charge is 0.306 e. The van der Waals surface area contributed by atoms with Crippen LogP contribution in [-0.4, -0.2) is 37.9 Å². The monoisotopic (exact) mass is 969 g/mol. The first-order chi connectivity index (χ1) is 34.6. The highest BCUT2D eigenvalue weighted by Crippen LogP contribution is 2.14. The Hall–Kier alpha value is -3.70. The van der Waals surface area contributed by atoms with Crippen molar-refractivity contribution in [1.82, 2.24) is 0 Å². The molecule has 0 N–H and O–H groups in total. The zero-order valence-corrected chi connectivity index (χ0v) is 45.7. The van der Waals surface area contributed by atoms with E-state index in [1.54, 1.807) is 0 Å². The van der Waals surface area contributed by atoms with Crippen LogP contribution >= 0.6 is 0 Å². The van der Waals surface area contributed by atoms with Crippen molar-refractivity contribution in [2.75, 3.05) is 19.8 Å². The number of ether oxygens (including phenoxy) is 3. The maximum absolute atomic E-state index is 12.9. The van der Waals surface area contributed by atoms with Gasteiger partial charge in [0.2, 0.25) is 0 Å². The molecule has 0 amide bonds. The van der Waals surface area contributed by atoms with Crippen LogP contribution in [0.25, 0.3) is 0 Å². The Morgan fingerprint density at radius 2 is 0.643 bits per heavy atom. The number of carbonyl (C=O) groups excluding carboxylic acids is 2. The second kappa shape index (κ2) is 59.6. The topological polar surface area (TPSA) is 61.8 Å². The number of hydrogen-bond acceptors (Lipinski definition) is 5. The molecular formula is C65H108O5. The van der Waals surface area contributed by atoms with Crippen LogP contribution in [0.3, 0.4) is 0 Å². The molecule has 0 aliphatic rings. The van der Waals surface area contributed by atoms with Gasteiger partial charge in [0, 0.05) is 19.4 Å². The Morgan fingerprint density at radius 1 is 0.329 bits per heavy atom. The molecular weight excluding hydrogens is 861 g/mol. The molecule has 398 valence electrons. The maximum Gasteiger partial charge on any atom is 0.306 e. The SMILES string of the molecule is CC/C=C\C/C=C\C/C=C\C/C=C\CCCCCCCOCC(COC(=O)CCCCCCCC/C=C\C/C=C\C/C=C\CCCCC)OC(=O)CCCCCCCCC/C=C\C/C=C\C/C=C\CC. The second-order valence-electron chi connectivity index (χ2n) is 18.8. The highest BCUT2D eigenvalue weighted by atomic mass is 16.6. The molecule has 5 heteroatoms. The number of esters is 2. The molecule has 0 aromatic heterocycles. The first kappa shape index (κ1) is 66.3. The predicted octanol–water partition coefficient (Wildman–Crippen LogP) is 20.1. The van der Waals surface area contributed by atoms with E-state index in [0.29, 0.717) is 19.4 Å². The van der Waals surface area contributed by atoms with Gasteiger partial charge in [-0.3, -0.25) is 9.59 Å². The second-order valence-corrected chi connectivity index (χ2v) is 18.8. The molecule has 0 saturated carbocycles. The molecule has 0 rings (SSSR count). The number of carbonyl (C=O) groups is 2. The van der Waals surface area contributed by atoms with Crippen molar-refractivity contribution in [3.05, 3.63) is 122 Å². The number of rotatable bonds is 52. The zero-order chi connectivity index (χ0) is 50.6. The molecule has 0 aliphatic heterocycles. The fourth-order valence-electron chi connectivity index (χ4n) is 7.70. The average molecular weight is 970 g/mol. The molecule has 70 heavy (non-hydrogen) atoms. The van der Waals surface area contributed by atoms with Crippen molar-refractivity contribution >= 4 is 11.9 Å². The summed E-state index contributed by atoms with van der Waals surface area (Å²) in [6.45, 7) is 7.52. The van der Waals surface area contributed by atoms with Gasteiger partial charge in [0.05, 0.1) is 6.61 Å². The third-order valence-electron chi connectivity index (χ3n) is 12.0. The fraction of sp³-hybridized carbons (Fsp3) is 0.662. The van der Waals surface area contributed by atoms with Crippen LogP contribution in [0, 0.1) is 0 Å². The first-order valence-electron chi connectivity index (χ1n) is 29.1. The molecule has 0 radical (unpaired) electrons. The Bertz CT molecular complexity index is 1420. The van der Waals surface area contributed by atoms with Gasteiger partial charge in [-0.05, 0) is 128 Å². The highest BCUT2D eigenvalue weighted by molar-refractivity contribution is 5.70. The fourth-order valence-corrected chi connectivity index (χ4v) is 7.70. The summed E-state index contributed by atoms with van der Waals surface area (Å²) in [5, 5.41) is 0. The van der Waals surface area contributed by atoms with E-state index in [-0.39, 0.29) is 25.2 Å². The summed E-state index contributed by atoms with van der Waals surface area (Å²) in [6, 6.07) is 0. The van der Waals surface area contributed by atoms with Gasteiger partial charge in [0.1, 0.15) is 6.61 Å². The Morgan fingerprint density at radius 3 is 1.03 bits per heavy atom. The minimum Gasteiger partial charge on any atom is -0.462 e. The lowest BCUT2D eigenvalue weighted by Gasteiger charge is -2.18. The molecule has 0 fully saturated rings. The van der Waals surface area contributed by atoms with Gasteiger partial charge in [-0.2, -0.15) is 0 Å². The van der Waals surface area contributed by atoms with E-state index in [9.17, 15) is 9.59 Å². The summed E-state index contributed by atoms with van der Waals surface area (Å²) in [6.07, 6.45) is 83.6. The van der Waals surface area contributed by atoms with E-state index in [1.807, 2.05) is 0 Å². The van der Waals surface area contributed by atoms with Crippen LogP contribution in [0.1, 0.15) is 252 Å².